The van der Waals surface area contributed by atoms with E-state index in [0.717, 1.165) is 13.8 Å². The van der Waals surface area contributed by atoms with E-state index >= 15 is 0 Å². The second-order valence-electron chi connectivity index (χ2n) is 6.10. The van der Waals surface area contributed by atoms with Crippen molar-refractivity contribution in [3.63, 3.8) is 0 Å². The minimum absolute atomic E-state index is 0.409. The van der Waals surface area contributed by atoms with Crippen molar-refractivity contribution in [3.8, 4) is 0 Å². The van der Waals surface area contributed by atoms with Crippen LogP contribution in [0.25, 0.3) is 0 Å². The van der Waals surface area contributed by atoms with Crippen molar-refractivity contribution in [1.29, 1.82) is 0 Å². The zero-order chi connectivity index (χ0) is 24.7. The van der Waals surface area contributed by atoms with Crippen LogP contribution in [-0.4, -0.2) is 96.9 Å². The van der Waals surface area contributed by atoms with E-state index in [1.807, 2.05) is 0 Å². The first-order chi connectivity index (χ1) is 14.9. The maximum absolute atomic E-state index is 12.1. The van der Waals surface area contributed by atoms with E-state index in [0.29, 0.717) is 0 Å². The molecule has 0 aliphatic rings. The number of carbonyl (C=O) groups is 4. The molecule has 0 aliphatic carbocycles. The van der Waals surface area contributed by atoms with Crippen molar-refractivity contribution in [2.45, 2.75) is 38.5 Å². The maximum Gasteiger partial charge on any atom is 0.472 e. The van der Waals surface area contributed by atoms with Crippen LogP contribution < -0.4 is 5.73 Å². The Hall–Kier alpha value is -2.13. The number of phosphoric acid groups is 1. The van der Waals surface area contributed by atoms with Crippen LogP contribution in [0, 0.1) is 0 Å². The summed E-state index contributed by atoms with van der Waals surface area (Å²) < 4.78 is 40.5. The van der Waals surface area contributed by atoms with Gasteiger partial charge in [0.1, 0.15) is 19.3 Å². The molecule has 4 atom stereocenters. The molecule has 0 spiro atoms. The first-order valence-electron chi connectivity index (χ1n) is 9.16. The fourth-order valence-corrected chi connectivity index (χ4v) is 2.55. The number of phosphoric ester groups is 1. The number of aliphatic hydroxyl groups excluding tert-OH is 2. The third-order valence-corrected chi connectivity index (χ3v) is 4.13. The predicted octanol–water partition coefficient (Wildman–Crippen LogP) is -2.23. The molecule has 0 aliphatic heterocycles. The fourth-order valence-electron chi connectivity index (χ4n) is 1.76. The average molecular weight is 489 g/mol. The normalized spacial score (nSPS) is 15.6. The molecular formula is C16H28NO14P. The van der Waals surface area contributed by atoms with Gasteiger partial charge in [-0.05, 0) is 0 Å². The Balaban J connectivity index is 4.90. The molecule has 0 rings (SSSR count). The quantitative estimate of drug-likeness (QED) is 0.102. The monoisotopic (exact) mass is 489 g/mol. The van der Waals surface area contributed by atoms with Gasteiger partial charge < -0.3 is 39.8 Å². The van der Waals surface area contributed by atoms with E-state index in [4.69, 9.17) is 34.7 Å². The van der Waals surface area contributed by atoms with Crippen LogP contribution >= 0.6 is 7.82 Å². The molecule has 0 amide bonds. The van der Waals surface area contributed by atoms with Crippen LogP contribution in [0.15, 0.2) is 0 Å². The van der Waals surface area contributed by atoms with Crippen LogP contribution in [-0.2, 0) is 51.7 Å². The van der Waals surface area contributed by atoms with Crippen molar-refractivity contribution in [2.75, 3.05) is 39.6 Å². The van der Waals surface area contributed by atoms with Crippen LogP contribution in [0.2, 0.25) is 0 Å². The summed E-state index contributed by atoms with van der Waals surface area (Å²) >= 11 is 0. The Morgan fingerprint density at radius 2 is 1.41 bits per heavy atom. The molecular weight excluding hydrogens is 461 g/mol. The summed E-state index contributed by atoms with van der Waals surface area (Å²) in [5, 5.41) is 17.6. The molecule has 0 aromatic heterocycles. The highest BCUT2D eigenvalue weighted by atomic mass is 31.2. The highest BCUT2D eigenvalue weighted by Crippen LogP contribution is 2.43. The predicted molar refractivity (Wildman–Crippen MR) is 102 cm³/mol. The lowest BCUT2D eigenvalue weighted by atomic mass is 10.3. The van der Waals surface area contributed by atoms with Gasteiger partial charge in [0.2, 0.25) is 0 Å². The third-order valence-electron chi connectivity index (χ3n) is 3.18. The minimum atomic E-state index is -4.80. The molecule has 5 N–H and O–H groups in total. The van der Waals surface area contributed by atoms with E-state index in [1.165, 1.54) is 0 Å². The summed E-state index contributed by atoms with van der Waals surface area (Å²) in [6, 6.07) is -1.35. The van der Waals surface area contributed by atoms with Crippen LogP contribution in [0.3, 0.4) is 0 Å². The van der Waals surface area contributed by atoms with Crippen molar-refractivity contribution in [1.82, 2.24) is 0 Å². The number of hydrogen-bond acceptors (Lipinski definition) is 14. The lowest BCUT2D eigenvalue weighted by Gasteiger charge is -2.21. The van der Waals surface area contributed by atoms with Gasteiger partial charge in [-0.3, -0.25) is 28.2 Å². The number of aliphatic hydroxyl groups is 2. The van der Waals surface area contributed by atoms with E-state index in [1.54, 1.807) is 0 Å². The zero-order valence-corrected chi connectivity index (χ0v) is 18.4. The number of esters is 4. The van der Waals surface area contributed by atoms with Crippen LogP contribution in [0.5, 0.6) is 0 Å². The van der Waals surface area contributed by atoms with Gasteiger partial charge in [-0.2, -0.15) is 0 Å². The lowest BCUT2D eigenvalue weighted by Crippen LogP contribution is -2.38. The van der Waals surface area contributed by atoms with Gasteiger partial charge >= 0.3 is 31.7 Å². The molecule has 0 aromatic carbocycles. The highest BCUT2D eigenvalue weighted by Gasteiger charge is 2.29. The van der Waals surface area contributed by atoms with Crippen LogP contribution in [0.4, 0.5) is 0 Å². The molecule has 0 bridgehead atoms. The Labute approximate surface area is 183 Å². The summed E-state index contributed by atoms with van der Waals surface area (Å²) in [4.78, 5) is 54.8. The molecule has 0 radical (unpaired) electrons. The summed E-state index contributed by atoms with van der Waals surface area (Å²) in [5.74, 6) is -3.41. The molecule has 0 heterocycles. The number of nitrogens with two attached hydrogens (primary N) is 1. The first-order valence-corrected chi connectivity index (χ1v) is 10.7. The Bertz CT molecular complexity index is 671. The van der Waals surface area contributed by atoms with Crippen molar-refractivity contribution in [3.05, 3.63) is 0 Å². The summed E-state index contributed by atoms with van der Waals surface area (Å²) in [7, 11) is -4.80. The topological polar surface area (TPSA) is 227 Å². The number of hydrogen-bond donors (Lipinski definition) is 4. The smallest absolute Gasteiger partial charge is 0.462 e. The zero-order valence-electron chi connectivity index (χ0n) is 17.5. The number of ether oxygens (including phenoxy) is 4. The van der Waals surface area contributed by atoms with Crippen molar-refractivity contribution in [2.24, 2.45) is 5.73 Å². The molecule has 186 valence electrons. The SMILES string of the molecule is CC(=O)OC[C@H](COP(=O)(O)OCC(COC(=O)[C@@H](N)CO)OC(=O)CCO)OC(C)=O. The fraction of sp³-hybridized carbons (Fsp3) is 0.750. The first kappa shape index (κ1) is 29.9. The van der Waals surface area contributed by atoms with Crippen LogP contribution in [0.1, 0.15) is 20.3 Å². The molecule has 2 unspecified atom stereocenters. The van der Waals surface area contributed by atoms with Gasteiger partial charge in [-0.15, -0.1) is 0 Å². The van der Waals surface area contributed by atoms with E-state index < -0.39 is 96.0 Å². The standard InChI is InChI=1S/C16H28NO14P/c1-10(20)26-6-12(30-11(2)21)8-28-32(24,25)29-9-13(31-15(22)3-4-18)7-27-16(23)14(17)5-19/h12-14,18-19H,3-9,17H2,1-2H3,(H,24,25)/t12-,13?,14+/m1/s1. The lowest BCUT2D eigenvalue weighted by molar-refractivity contribution is -0.163. The molecule has 0 aromatic rings. The Morgan fingerprint density at radius 1 is 0.875 bits per heavy atom. The molecule has 0 fully saturated rings. The molecule has 0 saturated heterocycles. The summed E-state index contributed by atoms with van der Waals surface area (Å²) in [5.41, 5.74) is 5.27. The van der Waals surface area contributed by atoms with E-state index in [2.05, 4.69) is 9.26 Å². The largest absolute Gasteiger partial charge is 0.472 e. The molecule has 15 nitrogen and oxygen atoms in total. The van der Waals surface area contributed by atoms with E-state index in [-0.39, 0.29) is 0 Å². The van der Waals surface area contributed by atoms with Crippen molar-refractivity contribution < 1.29 is 66.8 Å². The minimum Gasteiger partial charge on any atom is -0.462 e. The van der Waals surface area contributed by atoms with Crippen molar-refractivity contribution >= 4 is 31.7 Å². The average Bonchev–Trinajstić information content (AvgIpc) is 2.70. The number of rotatable bonds is 16. The second kappa shape index (κ2) is 15.6. The molecule has 0 saturated carbocycles. The van der Waals surface area contributed by atoms with Gasteiger partial charge in [0.25, 0.3) is 0 Å². The Kier molecular flexibility index (Phi) is 14.6. The van der Waals surface area contributed by atoms with Gasteiger partial charge in [-0.25, -0.2) is 4.57 Å². The maximum atomic E-state index is 12.1. The molecule has 32 heavy (non-hydrogen) atoms. The Morgan fingerprint density at radius 3 is 1.88 bits per heavy atom. The third kappa shape index (κ3) is 14.8. The second-order valence-corrected chi connectivity index (χ2v) is 7.55. The van der Waals surface area contributed by atoms with E-state index in [9.17, 15) is 28.6 Å². The van der Waals surface area contributed by atoms with Gasteiger partial charge in [-0.1, -0.05) is 0 Å². The summed E-state index contributed by atoms with van der Waals surface area (Å²) in [6.45, 7) is -1.65. The highest BCUT2D eigenvalue weighted by molar-refractivity contribution is 7.47. The number of carbonyl (C=O) groups excluding carboxylic acids is 4. The summed E-state index contributed by atoms with van der Waals surface area (Å²) in [6.07, 6.45) is -3.01. The molecule has 16 heteroatoms. The van der Waals surface area contributed by atoms with Gasteiger partial charge in [0, 0.05) is 13.8 Å². The van der Waals surface area contributed by atoms with Gasteiger partial charge in [0.05, 0.1) is 32.8 Å². The van der Waals surface area contributed by atoms with Gasteiger partial charge in [0.15, 0.2) is 12.2 Å².